The highest BCUT2D eigenvalue weighted by atomic mass is 15.1. The van der Waals surface area contributed by atoms with Gasteiger partial charge < -0.3 is 9.88 Å². The Morgan fingerprint density at radius 1 is 1.22 bits per heavy atom. The third-order valence-corrected chi connectivity index (χ3v) is 4.43. The second kappa shape index (κ2) is 5.70. The molecule has 0 radical (unpaired) electrons. The molecule has 1 aromatic rings. The number of nitrogens with one attached hydrogen (secondary N) is 1. The van der Waals surface area contributed by atoms with E-state index >= 15 is 0 Å². The zero-order valence-corrected chi connectivity index (χ0v) is 11.0. The first kappa shape index (κ1) is 12.0. The van der Waals surface area contributed by atoms with E-state index < -0.39 is 0 Å². The van der Waals surface area contributed by atoms with Crippen LogP contribution in [0.3, 0.4) is 0 Å². The number of aromatic nitrogens is 2. The predicted octanol–water partition coefficient (Wildman–Crippen LogP) is 2.92. The van der Waals surface area contributed by atoms with Gasteiger partial charge in [0.1, 0.15) is 0 Å². The summed E-state index contributed by atoms with van der Waals surface area (Å²) in [5.74, 6) is 0.846. The van der Waals surface area contributed by atoms with Crippen molar-refractivity contribution in [3.05, 3.63) is 30.9 Å². The summed E-state index contributed by atoms with van der Waals surface area (Å²) in [6.07, 6.45) is 18.4. The van der Waals surface area contributed by atoms with Crippen LogP contribution in [-0.2, 0) is 0 Å². The Labute approximate surface area is 109 Å². The molecule has 0 bridgehead atoms. The summed E-state index contributed by atoms with van der Waals surface area (Å²) in [5.41, 5.74) is 0. The molecule has 0 aromatic carbocycles. The third kappa shape index (κ3) is 2.66. The van der Waals surface area contributed by atoms with Gasteiger partial charge in [0.2, 0.25) is 0 Å². The van der Waals surface area contributed by atoms with E-state index in [-0.39, 0.29) is 0 Å². The number of hydrogen-bond acceptors (Lipinski definition) is 2. The van der Waals surface area contributed by atoms with E-state index in [1.807, 2.05) is 12.5 Å². The van der Waals surface area contributed by atoms with Crippen LogP contribution in [-0.4, -0.2) is 22.1 Å². The maximum atomic E-state index is 4.18. The number of imidazole rings is 1. The number of allylic oxidation sites excluding steroid dienone is 2. The minimum absolute atomic E-state index is 0.617. The highest BCUT2D eigenvalue weighted by Gasteiger charge is 2.28. The molecule has 3 nitrogen and oxygen atoms in total. The molecule has 0 spiro atoms. The molecule has 3 rings (SSSR count). The van der Waals surface area contributed by atoms with E-state index in [1.54, 1.807) is 0 Å². The quantitative estimate of drug-likeness (QED) is 0.827. The molecule has 1 aromatic heterocycles. The molecule has 3 unspecified atom stereocenters. The molecule has 3 heteroatoms. The Balaban J connectivity index is 1.53. The van der Waals surface area contributed by atoms with Gasteiger partial charge >= 0.3 is 0 Å². The predicted molar refractivity (Wildman–Crippen MR) is 73.4 cm³/mol. The topological polar surface area (TPSA) is 29.9 Å². The lowest BCUT2D eigenvalue weighted by Gasteiger charge is -2.25. The highest BCUT2D eigenvalue weighted by Crippen LogP contribution is 2.30. The van der Waals surface area contributed by atoms with Gasteiger partial charge in [0, 0.05) is 24.5 Å². The van der Waals surface area contributed by atoms with Crippen molar-refractivity contribution in [3.63, 3.8) is 0 Å². The van der Waals surface area contributed by atoms with E-state index in [4.69, 9.17) is 0 Å². The average molecular weight is 245 g/mol. The van der Waals surface area contributed by atoms with E-state index in [0.29, 0.717) is 12.1 Å². The zero-order chi connectivity index (χ0) is 12.2. The van der Waals surface area contributed by atoms with Crippen molar-refractivity contribution in [1.82, 2.24) is 14.9 Å². The molecular formula is C15H23N3. The standard InChI is InChI=1S/C15H23N3/c1-2-5-13(6-3-1)11-17-14-7-4-8-15(14)18-10-9-16-12-18/h1-2,9-10,12-15,17H,3-8,11H2. The summed E-state index contributed by atoms with van der Waals surface area (Å²) in [4.78, 5) is 4.18. The first-order valence-corrected chi connectivity index (χ1v) is 7.29. The van der Waals surface area contributed by atoms with Crippen molar-refractivity contribution in [2.75, 3.05) is 6.54 Å². The molecule has 0 aliphatic heterocycles. The molecule has 1 fully saturated rings. The minimum atomic E-state index is 0.617. The van der Waals surface area contributed by atoms with Gasteiger partial charge in [-0.05, 0) is 51.0 Å². The largest absolute Gasteiger partial charge is 0.333 e. The maximum Gasteiger partial charge on any atom is 0.0949 e. The summed E-state index contributed by atoms with van der Waals surface area (Å²) in [6.45, 7) is 1.18. The number of rotatable bonds is 4. The molecule has 0 saturated heterocycles. The van der Waals surface area contributed by atoms with E-state index in [2.05, 4.69) is 33.2 Å². The molecule has 1 saturated carbocycles. The summed E-state index contributed by atoms with van der Waals surface area (Å²) in [7, 11) is 0. The zero-order valence-electron chi connectivity index (χ0n) is 11.0. The van der Waals surface area contributed by atoms with E-state index in [9.17, 15) is 0 Å². The van der Waals surface area contributed by atoms with Crippen molar-refractivity contribution in [2.45, 2.75) is 50.6 Å². The van der Waals surface area contributed by atoms with E-state index in [0.717, 1.165) is 5.92 Å². The van der Waals surface area contributed by atoms with Crippen LogP contribution < -0.4 is 5.32 Å². The summed E-state index contributed by atoms with van der Waals surface area (Å²) in [5, 5.41) is 3.81. The van der Waals surface area contributed by atoms with Crippen molar-refractivity contribution < 1.29 is 0 Å². The first-order chi connectivity index (χ1) is 8.93. The average Bonchev–Trinajstić information content (AvgIpc) is 3.08. The monoisotopic (exact) mass is 245 g/mol. The van der Waals surface area contributed by atoms with Crippen LogP contribution in [0.5, 0.6) is 0 Å². The Kier molecular flexibility index (Phi) is 3.79. The van der Waals surface area contributed by atoms with Gasteiger partial charge in [-0.25, -0.2) is 4.98 Å². The van der Waals surface area contributed by atoms with Crippen molar-refractivity contribution in [3.8, 4) is 0 Å². The fourth-order valence-corrected chi connectivity index (χ4v) is 3.36. The molecule has 2 aliphatic rings. The lowest BCUT2D eigenvalue weighted by molar-refractivity contribution is 0.349. The molecule has 1 heterocycles. The van der Waals surface area contributed by atoms with Gasteiger partial charge in [-0.15, -0.1) is 0 Å². The third-order valence-electron chi connectivity index (χ3n) is 4.43. The van der Waals surface area contributed by atoms with E-state index in [1.165, 1.54) is 45.1 Å². The van der Waals surface area contributed by atoms with Crippen molar-refractivity contribution >= 4 is 0 Å². The molecule has 1 N–H and O–H groups in total. The van der Waals surface area contributed by atoms with Gasteiger partial charge in [-0.2, -0.15) is 0 Å². The summed E-state index contributed by atoms with van der Waals surface area (Å²) in [6, 6.07) is 1.26. The van der Waals surface area contributed by atoms with Crippen LogP contribution in [0, 0.1) is 5.92 Å². The van der Waals surface area contributed by atoms with Gasteiger partial charge in [-0.1, -0.05) is 12.2 Å². The fourth-order valence-electron chi connectivity index (χ4n) is 3.36. The van der Waals surface area contributed by atoms with Crippen molar-refractivity contribution in [2.24, 2.45) is 5.92 Å². The molecule has 0 amide bonds. The van der Waals surface area contributed by atoms with Crippen LogP contribution >= 0.6 is 0 Å². The van der Waals surface area contributed by atoms with Crippen LogP contribution in [0.1, 0.15) is 44.6 Å². The second-order valence-electron chi connectivity index (χ2n) is 5.67. The van der Waals surface area contributed by atoms with Crippen LogP contribution in [0.25, 0.3) is 0 Å². The van der Waals surface area contributed by atoms with Crippen LogP contribution in [0.2, 0.25) is 0 Å². The normalized spacial score (nSPS) is 31.9. The number of hydrogen-bond donors (Lipinski definition) is 1. The molecule has 2 aliphatic carbocycles. The van der Waals surface area contributed by atoms with Gasteiger partial charge in [0.15, 0.2) is 0 Å². The highest BCUT2D eigenvalue weighted by molar-refractivity contribution is 4.94. The fraction of sp³-hybridized carbons (Fsp3) is 0.667. The molecule has 3 atom stereocenters. The van der Waals surface area contributed by atoms with Gasteiger partial charge in [0.05, 0.1) is 6.33 Å². The summed E-state index contributed by atoms with van der Waals surface area (Å²) >= 11 is 0. The molecular weight excluding hydrogens is 222 g/mol. The Morgan fingerprint density at radius 3 is 3.00 bits per heavy atom. The molecule has 98 valence electrons. The lowest BCUT2D eigenvalue weighted by atomic mass is 9.94. The van der Waals surface area contributed by atoms with Crippen LogP contribution in [0.4, 0.5) is 0 Å². The lowest BCUT2D eigenvalue weighted by Crippen LogP contribution is -2.37. The smallest absolute Gasteiger partial charge is 0.0949 e. The first-order valence-electron chi connectivity index (χ1n) is 7.29. The second-order valence-corrected chi connectivity index (χ2v) is 5.67. The van der Waals surface area contributed by atoms with Crippen LogP contribution in [0.15, 0.2) is 30.9 Å². The summed E-state index contributed by atoms with van der Waals surface area (Å²) < 4.78 is 2.28. The molecule has 18 heavy (non-hydrogen) atoms. The number of nitrogens with zero attached hydrogens (tertiary/aromatic N) is 2. The van der Waals surface area contributed by atoms with Crippen molar-refractivity contribution in [1.29, 1.82) is 0 Å². The maximum absolute atomic E-state index is 4.18. The Hall–Kier alpha value is -1.09. The Bertz CT molecular complexity index is 382. The Morgan fingerprint density at radius 2 is 2.22 bits per heavy atom. The minimum Gasteiger partial charge on any atom is -0.333 e. The van der Waals surface area contributed by atoms with Gasteiger partial charge in [-0.3, -0.25) is 0 Å². The van der Waals surface area contributed by atoms with Gasteiger partial charge in [0.25, 0.3) is 0 Å². The SMILES string of the molecule is C1=CCC(CNC2CCCC2n2ccnc2)CC1.